The van der Waals surface area contributed by atoms with E-state index in [1.165, 1.54) is 17.6 Å². The summed E-state index contributed by atoms with van der Waals surface area (Å²) in [5.74, 6) is 0.744. The molecule has 28 heavy (non-hydrogen) atoms. The molecule has 0 aliphatic carbocycles. The number of halogens is 3. The van der Waals surface area contributed by atoms with Gasteiger partial charge in [0.15, 0.2) is 5.76 Å². The van der Waals surface area contributed by atoms with Crippen molar-refractivity contribution in [1.29, 1.82) is 0 Å². The minimum atomic E-state index is -4.35. The van der Waals surface area contributed by atoms with E-state index in [9.17, 15) is 13.2 Å². The largest absolute Gasteiger partial charge is 0.416 e. The number of benzene rings is 1. The average Bonchev–Trinajstić information content (AvgIpc) is 3.30. The predicted octanol–water partition coefficient (Wildman–Crippen LogP) is 4.90. The van der Waals surface area contributed by atoms with Crippen LogP contribution in [0.1, 0.15) is 41.3 Å². The van der Waals surface area contributed by atoms with Gasteiger partial charge in [0.05, 0.1) is 17.0 Å². The smallest absolute Gasteiger partial charge is 0.355 e. The molecule has 148 valence electrons. The minimum Gasteiger partial charge on any atom is -0.355 e. The molecule has 0 N–H and O–H groups in total. The number of nitrogens with zero attached hydrogens (tertiary/aromatic N) is 4. The van der Waals surface area contributed by atoms with E-state index in [1.807, 2.05) is 13.0 Å². The second-order valence-corrected chi connectivity index (χ2v) is 7.80. The third-order valence-corrected chi connectivity index (χ3v) is 5.73. The fourth-order valence-corrected chi connectivity index (χ4v) is 4.40. The molecule has 0 amide bonds. The summed E-state index contributed by atoms with van der Waals surface area (Å²) in [5.41, 5.74) is 1.36. The predicted molar refractivity (Wildman–Crippen MR) is 98.8 cm³/mol. The van der Waals surface area contributed by atoms with Gasteiger partial charge in [-0.25, -0.2) is 0 Å². The van der Waals surface area contributed by atoms with Crippen LogP contribution in [0.15, 0.2) is 34.9 Å². The van der Waals surface area contributed by atoms with Crippen LogP contribution in [-0.2, 0) is 12.7 Å². The van der Waals surface area contributed by atoms with E-state index in [4.69, 9.17) is 4.52 Å². The van der Waals surface area contributed by atoms with Crippen molar-refractivity contribution in [2.24, 2.45) is 0 Å². The van der Waals surface area contributed by atoms with E-state index >= 15 is 0 Å². The van der Waals surface area contributed by atoms with E-state index in [-0.39, 0.29) is 12.5 Å². The molecular weight excluding hydrogens is 389 g/mol. The number of likely N-dealkylation sites (tertiary alicyclic amines) is 1. The lowest BCUT2D eigenvalue weighted by Gasteiger charge is -2.32. The van der Waals surface area contributed by atoms with Gasteiger partial charge in [-0.05, 0) is 49.5 Å². The van der Waals surface area contributed by atoms with Crippen LogP contribution in [0.25, 0.3) is 10.6 Å². The highest BCUT2D eigenvalue weighted by atomic mass is 32.1. The highest BCUT2D eigenvalue weighted by Crippen LogP contribution is 2.37. The molecule has 1 aliphatic rings. The number of hydrogen-bond donors (Lipinski definition) is 0. The van der Waals surface area contributed by atoms with Gasteiger partial charge in [0, 0.05) is 25.1 Å². The fourth-order valence-electron chi connectivity index (χ4n) is 3.70. The van der Waals surface area contributed by atoms with E-state index < -0.39 is 11.7 Å². The van der Waals surface area contributed by atoms with Crippen LogP contribution < -0.4 is 0 Å². The third kappa shape index (κ3) is 3.95. The van der Waals surface area contributed by atoms with Crippen LogP contribution in [0, 0.1) is 6.92 Å². The van der Waals surface area contributed by atoms with Gasteiger partial charge < -0.3 is 4.52 Å². The molecule has 1 fully saturated rings. The Morgan fingerprint density at radius 3 is 2.86 bits per heavy atom. The topological polar surface area (TPSA) is 55.1 Å². The molecule has 4 rings (SSSR count). The zero-order valence-corrected chi connectivity index (χ0v) is 16.1. The van der Waals surface area contributed by atoms with Crippen molar-refractivity contribution in [3.63, 3.8) is 0 Å². The number of hydrogen-bond acceptors (Lipinski definition) is 6. The number of rotatable bonds is 4. The Labute approximate surface area is 164 Å². The number of piperidine rings is 1. The molecule has 1 aliphatic heterocycles. The van der Waals surface area contributed by atoms with Gasteiger partial charge in [-0.2, -0.15) is 13.2 Å². The molecule has 1 atom stereocenters. The lowest BCUT2D eigenvalue weighted by molar-refractivity contribution is -0.138. The Kier molecular flexibility index (Phi) is 5.20. The summed E-state index contributed by atoms with van der Waals surface area (Å²) in [6.45, 7) is 3.51. The maximum absolute atomic E-state index is 13.3. The van der Waals surface area contributed by atoms with Gasteiger partial charge in [-0.15, -0.1) is 5.10 Å². The molecule has 0 spiro atoms. The standard InChI is InChI=1S/C19H19F3N4OS/c1-12-9-16(27-24-12)18-17(23-25-28-18)14-6-4-8-26(11-14)10-13-5-2-3-7-15(13)19(20,21)22/h2-3,5,7,9,14H,4,6,8,10-11H2,1H3/t14-/m1/s1. The first kappa shape index (κ1) is 19.1. The Morgan fingerprint density at radius 2 is 2.11 bits per heavy atom. The Morgan fingerprint density at radius 1 is 1.29 bits per heavy atom. The zero-order valence-electron chi connectivity index (χ0n) is 15.2. The molecule has 0 saturated carbocycles. The highest BCUT2D eigenvalue weighted by Gasteiger charge is 2.34. The van der Waals surface area contributed by atoms with Crippen molar-refractivity contribution in [2.45, 2.75) is 38.4 Å². The zero-order chi connectivity index (χ0) is 19.7. The second kappa shape index (κ2) is 7.63. The SMILES string of the molecule is Cc1cc(-c2snnc2[C@@H]2CCCN(Cc3ccccc3C(F)(F)F)C2)on1. The molecular formula is C19H19F3N4OS. The molecule has 3 heterocycles. The van der Waals surface area contributed by atoms with Crippen molar-refractivity contribution in [3.8, 4) is 10.6 Å². The van der Waals surface area contributed by atoms with Crippen LogP contribution in [0.2, 0.25) is 0 Å². The average molecular weight is 408 g/mol. The summed E-state index contributed by atoms with van der Waals surface area (Å²) in [6, 6.07) is 7.63. The van der Waals surface area contributed by atoms with Gasteiger partial charge in [-0.3, -0.25) is 4.90 Å². The summed E-state index contributed by atoms with van der Waals surface area (Å²) in [6.07, 6.45) is -2.53. The van der Waals surface area contributed by atoms with Crippen LogP contribution in [-0.4, -0.2) is 32.7 Å². The van der Waals surface area contributed by atoms with E-state index in [1.54, 1.807) is 12.1 Å². The summed E-state index contributed by atoms with van der Waals surface area (Å²) in [4.78, 5) is 2.91. The van der Waals surface area contributed by atoms with Gasteiger partial charge in [0.1, 0.15) is 4.88 Å². The van der Waals surface area contributed by atoms with Crippen molar-refractivity contribution in [3.05, 3.63) is 52.8 Å². The minimum absolute atomic E-state index is 0.103. The summed E-state index contributed by atoms with van der Waals surface area (Å²) in [5, 5.41) is 8.22. The molecule has 0 bridgehead atoms. The van der Waals surface area contributed by atoms with Crippen LogP contribution in [0.5, 0.6) is 0 Å². The maximum atomic E-state index is 13.3. The second-order valence-electron chi connectivity index (χ2n) is 7.05. The monoisotopic (exact) mass is 408 g/mol. The molecule has 0 unspecified atom stereocenters. The number of aromatic nitrogens is 3. The van der Waals surface area contributed by atoms with E-state index in [0.29, 0.717) is 17.9 Å². The maximum Gasteiger partial charge on any atom is 0.416 e. The molecule has 9 heteroatoms. The van der Waals surface area contributed by atoms with Crippen LogP contribution in [0.4, 0.5) is 13.2 Å². The molecule has 0 radical (unpaired) electrons. The first-order valence-electron chi connectivity index (χ1n) is 9.05. The van der Waals surface area contributed by atoms with Gasteiger partial charge in [0.2, 0.25) is 0 Å². The normalized spacial score (nSPS) is 18.5. The lowest BCUT2D eigenvalue weighted by Crippen LogP contribution is -2.34. The van der Waals surface area contributed by atoms with Crippen molar-refractivity contribution >= 4 is 11.5 Å². The summed E-state index contributed by atoms with van der Waals surface area (Å²) in [7, 11) is 0. The Bertz CT molecular complexity index is 953. The van der Waals surface area contributed by atoms with Gasteiger partial charge in [-0.1, -0.05) is 27.8 Å². The molecule has 3 aromatic rings. The van der Waals surface area contributed by atoms with E-state index in [0.717, 1.165) is 41.7 Å². The van der Waals surface area contributed by atoms with Gasteiger partial charge in [0.25, 0.3) is 0 Å². The third-order valence-electron chi connectivity index (χ3n) is 4.97. The quantitative estimate of drug-likeness (QED) is 0.615. The summed E-state index contributed by atoms with van der Waals surface area (Å²) < 4.78 is 49.3. The Hall–Kier alpha value is -2.26. The molecule has 2 aromatic heterocycles. The first-order valence-corrected chi connectivity index (χ1v) is 9.82. The molecule has 1 saturated heterocycles. The first-order chi connectivity index (χ1) is 13.4. The van der Waals surface area contributed by atoms with Crippen molar-refractivity contribution in [1.82, 2.24) is 19.6 Å². The fraction of sp³-hybridized carbons (Fsp3) is 0.421. The number of aryl methyl sites for hydroxylation is 1. The van der Waals surface area contributed by atoms with E-state index in [2.05, 4.69) is 19.6 Å². The van der Waals surface area contributed by atoms with Crippen molar-refractivity contribution < 1.29 is 17.7 Å². The lowest BCUT2D eigenvalue weighted by atomic mass is 9.93. The molecule has 5 nitrogen and oxygen atoms in total. The van der Waals surface area contributed by atoms with Gasteiger partial charge >= 0.3 is 6.18 Å². The van der Waals surface area contributed by atoms with Crippen LogP contribution in [0.3, 0.4) is 0 Å². The summed E-state index contributed by atoms with van der Waals surface area (Å²) >= 11 is 1.26. The highest BCUT2D eigenvalue weighted by molar-refractivity contribution is 7.09. The van der Waals surface area contributed by atoms with Crippen molar-refractivity contribution in [2.75, 3.05) is 13.1 Å². The Balaban J connectivity index is 1.53. The number of alkyl halides is 3. The molecule has 1 aromatic carbocycles. The van der Waals surface area contributed by atoms with Crippen LogP contribution >= 0.6 is 11.5 Å².